The molecule has 156 valence electrons. The lowest BCUT2D eigenvalue weighted by molar-refractivity contribution is -0.384. The minimum atomic E-state index is -0.611. The van der Waals surface area contributed by atoms with E-state index in [1.165, 1.54) is 35.2 Å². The average molecular weight is 412 g/mol. The molecule has 1 amide bonds. The van der Waals surface area contributed by atoms with Crippen molar-refractivity contribution < 1.29 is 23.6 Å². The lowest BCUT2D eigenvalue weighted by Gasteiger charge is -2.34. The van der Waals surface area contributed by atoms with Gasteiger partial charge < -0.3 is 9.64 Å². The van der Waals surface area contributed by atoms with Crippen LogP contribution in [-0.4, -0.2) is 28.3 Å². The predicted molar refractivity (Wildman–Crippen MR) is 107 cm³/mol. The topological polar surface area (TPSA) is 89.8 Å². The van der Waals surface area contributed by atoms with E-state index in [9.17, 15) is 24.1 Å². The molecule has 0 aromatic heterocycles. The number of esters is 1. The number of hydrogen-bond donors (Lipinski definition) is 0. The minimum Gasteiger partial charge on any atom is -0.463 e. The number of halogens is 1. The zero-order chi connectivity index (χ0) is 21.8. The summed E-state index contributed by atoms with van der Waals surface area (Å²) in [6.07, 6.45) is -0.0120. The minimum absolute atomic E-state index is 0.0120. The number of hydrogen-bond acceptors (Lipinski definition) is 5. The average Bonchev–Trinajstić information content (AvgIpc) is 2.71. The summed E-state index contributed by atoms with van der Waals surface area (Å²) in [5.41, 5.74) is 1.90. The van der Waals surface area contributed by atoms with Crippen LogP contribution >= 0.6 is 0 Å². The number of non-ortho nitro benzene ring substituents is 1. The van der Waals surface area contributed by atoms with Crippen molar-refractivity contribution in [3.05, 3.63) is 86.9 Å². The third kappa shape index (κ3) is 4.37. The maximum Gasteiger partial charge on any atom is 0.336 e. The highest BCUT2D eigenvalue weighted by Crippen LogP contribution is 2.38. The number of nitro groups is 1. The summed E-state index contributed by atoms with van der Waals surface area (Å²) in [7, 11) is 0. The van der Waals surface area contributed by atoms with E-state index in [4.69, 9.17) is 4.74 Å². The summed E-state index contributed by atoms with van der Waals surface area (Å²) < 4.78 is 19.0. The summed E-state index contributed by atoms with van der Waals surface area (Å²) in [6.45, 7) is 3.66. The van der Waals surface area contributed by atoms with Gasteiger partial charge in [0.1, 0.15) is 5.82 Å². The molecule has 0 saturated carbocycles. The van der Waals surface area contributed by atoms with Gasteiger partial charge in [-0.05, 0) is 37.1 Å². The number of amides is 1. The molecular weight excluding hydrogens is 391 g/mol. The number of benzene rings is 2. The Balaban J connectivity index is 1.99. The van der Waals surface area contributed by atoms with Crippen LogP contribution in [0.1, 0.15) is 37.3 Å². The van der Waals surface area contributed by atoms with E-state index in [0.29, 0.717) is 22.4 Å². The van der Waals surface area contributed by atoms with Gasteiger partial charge in [0.2, 0.25) is 5.91 Å². The van der Waals surface area contributed by atoms with Crippen LogP contribution < -0.4 is 0 Å². The van der Waals surface area contributed by atoms with Crippen LogP contribution in [0.4, 0.5) is 10.1 Å². The fourth-order valence-corrected chi connectivity index (χ4v) is 3.59. The summed E-state index contributed by atoms with van der Waals surface area (Å²) in [6, 6.07) is 11.7. The first-order chi connectivity index (χ1) is 14.3. The van der Waals surface area contributed by atoms with E-state index in [1.807, 2.05) is 0 Å². The van der Waals surface area contributed by atoms with Gasteiger partial charge in [0, 0.05) is 30.2 Å². The Hall–Kier alpha value is -3.55. The molecule has 0 bridgehead atoms. The molecular formula is C22H21FN2O5. The molecule has 1 aliphatic heterocycles. The molecule has 0 spiro atoms. The number of carbonyl (C=O) groups is 2. The largest absolute Gasteiger partial charge is 0.463 e. The first kappa shape index (κ1) is 21.2. The van der Waals surface area contributed by atoms with E-state index in [1.54, 1.807) is 32.0 Å². The summed E-state index contributed by atoms with van der Waals surface area (Å²) in [5.74, 6) is -1.84. The van der Waals surface area contributed by atoms with Crippen molar-refractivity contribution in [1.82, 2.24) is 4.90 Å². The number of ether oxygens (including phenoxy) is 1. The van der Waals surface area contributed by atoms with Gasteiger partial charge in [-0.1, -0.05) is 24.3 Å². The molecule has 1 unspecified atom stereocenters. The first-order valence-electron chi connectivity index (χ1n) is 9.48. The second-order valence-electron chi connectivity index (χ2n) is 6.93. The van der Waals surface area contributed by atoms with Crippen LogP contribution in [0.5, 0.6) is 0 Å². The molecule has 0 fully saturated rings. The molecule has 0 saturated heterocycles. The lowest BCUT2D eigenvalue weighted by atomic mass is 9.83. The van der Waals surface area contributed by atoms with Gasteiger partial charge in [0.15, 0.2) is 0 Å². The second-order valence-corrected chi connectivity index (χ2v) is 6.93. The van der Waals surface area contributed by atoms with Crippen molar-refractivity contribution in [3.8, 4) is 0 Å². The van der Waals surface area contributed by atoms with E-state index in [-0.39, 0.29) is 31.2 Å². The number of nitrogens with zero attached hydrogens (tertiary/aromatic N) is 2. The smallest absolute Gasteiger partial charge is 0.336 e. The van der Waals surface area contributed by atoms with Crippen molar-refractivity contribution in [3.63, 3.8) is 0 Å². The third-order valence-electron chi connectivity index (χ3n) is 5.06. The lowest BCUT2D eigenvalue weighted by Crippen LogP contribution is -2.38. The normalized spacial score (nSPS) is 16.6. The van der Waals surface area contributed by atoms with Crippen LogP contribution in [0, 0.1) is 15.9 Å². The highest BCUT2D eigenvalue weighted by molar-refractivity contribution is 5.95. The molecule has 8 heteroatoms. The van der Waals surface area contributed by atoms with Gasteiger partial charge in [-0.15, -0.1) is 0 Å². The third-order valence-corrected chi connectivity index (χ3v) is 5.06. The molecule has 0 N–H and O–H groups in total. The molecule has 7 nitrogen and oxygen atoms in total. The standard InChI is InChI=1S/C22H21FN2O5/c1-3-30-22(27)21-14(2)24(13-15-7-9-18(10-8-15)25(28)29)20(26)12-19(21)16-5-4-6-17(23)11-16/h4-11,19H,3,12-13H2,1-2H3. The van der Waals surface area contributed by atoms with Crippen molar-refractivity contribution in [2.45, 2.75) is 32.7 Å². The first-order valence-corrected chi connectivity index (χ1v) is 9.48. The Kier molecular flexibility index (Phi) is 6.25. The van der Waals surface area contributed by atoms with Gasteiger partial charge in [0.25, 0.3) is 5.69 Å². The molecule has 30 heavy (non-hydrogen) atoms. The summed E-state index contributed by atoms with van der Waals surface area (Å²) in [4.78, 5) is 37.4. The molecule has 1 atom stereocenters. The summed E-state index contributed by atoms with van der Waals surface area (Å²) >= 11 is 0. The molecule has 0 aliphatic carbocycles. The molecule has 1 aliphatic rings. The Morgan fingerprint density at radius 3 is 2.57 bits per heavy atom. The van der Waals surface area contributed by atoms with Gasteiger partial charge in [-0.2, -0.15) is 0 Å². The summed E-state index contributed by atoms with van der Waals surface area (Å²) in [5, 5.41) is 10.8. The fourth-order valence-electron chi connectivity index (χ4n) is 3.59. The maximum absolute atomic E-state index is 13.8. The Morgan fingerprint density at radius 2 is 1.97 bits per heavy atom. The predicted octanol–water partition coefficient (Wildman–Crippen LogP) is 4.09. The van der Waals surface area contributed by atoms with Crippen molar-refractivity contribution in [2.24, 2.45) is 0 Å². The van der Waals surface area contributed by atoms with Crippen LogP contribution in [0.2, 0.25) is 0 Å². The van der Waals surface area contributed by atoms with E-state index < -0.39 is 22.6 Å². The molecule has 2 aromatic carbocycles. The van der Waals surface area contributed by atoms with E-state index in [0.717, 1.165) is 0 Å². The molecule has 1 heterocycles. The monoisotopic (exact) mass is 412 g/mol. The Morgan fingerprint density at radius 1 is 1.27 bits per heavy atom. The van der Waals surface area contributed by atoms with Crippen LogP contribution in [0.25, 0.3) is 0 Å². The van der Waals surface area contributed by atoms with Gasteiger partial charge in [-0.3, -0.25) is 14.9 Å². The SMILES string of the molecule is CCOC(=O)C1=C(C)N(Cc2ccc([N+](=O)[O-])cc2)C(=O)CC1c1cccc(F)c1. The maximum atomic E-state index is 13.8. The number of carbonyl (C=O) groups excluding carboxylic acids is 2. The second kappa shape index (κ2) is 8.86. The fraction of sp³-hybridized carbons (Fsp3) is 0.273. The molecule has 0 radical (unpaired) electrons. The van der Waals surface area contributed by atoms with Crippen molar-refractivity contribution in [2.75, 3.05) is 6.61 Å². The van der Waals surface area contributed by atoms with E-state index in [2.05, 4.69) is 0 Å². The van der Waals surface area contributed by atoms with Gasteiger partial charge >= 0.3 is 5.97 Å². The van der Waals surface area contributed by atoms with Crippen LogP contribution in [0.15, 0.2) is 59.8 Å². The van der Waals surface area contributed by atoms with Crippen molar-refractivity contribution >= 4 is 17.6 Å². The zero-order valence-electron chi connectivity index (χ0n) is 16.6. The molecule has 3 rings (SSSR count). The van der Waals surface area contributed by atoms with Crippen LogP contribution in [-0.2, 0) is 20.9 Å². The zero-order valence-corrected chi connectivity index (χ0v) is 16.6. The Labute approximate surface area is 172 Å². The van der Waals surface area contributed by atoms with Crippen molar-refractivity contribution in [1.29, 1.82) is 0 Å². The van der Waals surface area contributed by atoms with Crippen LogP contribution in [0.3, 0.4) is 0 Å². The van der Waals surface area contributed by atoms with Gasteiger partial charge in [0.05, 0.1) is 23.6 Å². The van der Waals surface area contributed by atoms with E-state index >= 15 is 0 Å². The highest BCUT2D eigenvalue weighted by Gasteiger charge is 2.37. The van der Waals surface area contributed by atoms with Gasteiger partial charge in [-0.25, -0.2) is 9.18 Å². The quantitative estimate of drug-likeness (QED) is 0.405. The Bertz CT molecular complexity index is 1020. The molecule has 2 aromatic rings. The number of allylic oxidation sites excluding steroid dienone is 1. The number of nitro benzene ring substituents is 1. The number of rotatable bonds is 6. The highest BCUT2D eigenvalue weighted by atomic mass is 19.1.